The Labute approximate surface area is 172 Å². The molecular weight excluding hydrogens is 459 g/mol. The highest BCUT2D eigenvalue weighted by atomic mass is 79.9. The third-order valence-corrected chi connectivity index (χ3v) is 4.20. The van der Waals surface area contributed by atoms with Crippen LogP contribution in [0, 0.1) is 0 Å². The van der Waals surface area contributed by atoms with Crippen molar-refractivity contribution in [2.45, 2.75) is 13.1 Å². The molecule has 7 nitrogen and oxygen atoms in total. The highest BCUT2D eigenvalue weighted by Gasteiger charge is 2.33. The number of hydrogen-bond acceptors (Lipinski definition) is 4. The molecule has 1 aromatic heterocycles. The minimum atomic E-state index is -4.63. The molecule has 29 heavy (non-hydrogen) atoms. The SMILES string of the molecule is CCN(CC(=O)Nc1ccccc1C(F)(F)F)C(=O)CNC(=O)c1ccc(Br)o1. The number of para-hydroxylation sites is 1. The van der Waals surface area contributed by atoms with E-state index in [0.29, 0.717) is 4.67 Å². The quantitative estimate of drug-likeness (QED) is 0.642. The largest absolute Gasteiger partial charge is 0.444 e. The smallest absolute Gasteiger partial charge is 0.418 e. The van der Waals surface area contributed by atoms with Crippen molar-refractivity contribution < 1.29 is 32.0 Å². The standard InChI is InChI=1S/C18H17BrF3N3O4/c1-2-25(16(27)9-23-17(28)13-7-8-14(19)29-13)10-15(26)24-12-6-4-3-5-11(12)18(20,21)22/h3-8H,2,9-10H2,1H3,(H,23,28)(H,24,26). The minimum absolute atomic E-state index is 0.00535. The zero-order chi connectivity index (χ0) is 21.6. The Balaban J connectivity index is 1.94. The number of anilines is 1. The number of likely N-dealkylation sites (N-methyl/N-ethyl adjacent to an activating group) is 1. The third-order valence-electron chi connectivity index (χ3n) is 3.77. The minimum Gasteiger partial charge on any atom is -0.444 e. The molecule has 1 aromatic carbocycles. The number of nitrogens with zero attached hydrogens (tertiary/aromatic N) is 1. The molecule has 156 valence electrons. The van der Waals surface area contributed by atoms with E-state index in [-0.39, 0.29) is 12.3 Å². The number of carbonyl (C=O) groups is 3. The second-order valence-corrected chi connectivity index (χ2v) is 6.57. The predicted molar refractivity (Wildman–Crippen MR) is 101 cm³/mol. The molecule has 3 amide bonds. The number of hydrogen-bond donors (Lipinski definition) is 2. The van der Waals surface area contributed by atoms with Gasteiger partial charge in [0.05, 0.1) is 24.3 Å². The van der Waals surface area contributed by atoms with E-state index in [1.165, 1.54) is 24.3 Å². The first-order chi connectivity index (χ1) is 13.6. The average Bonchev–Trinajstić information content (AvgIpc) is 3.10. The van der Waals surface area contributed by atoms with Gasteiger partial charge in [-0.3, -0.25) is 14.4 Å². The first kappa shape index (κ1) is 22.5. The Morgan fingerprint density at radius 3 is 2.41 bits per heavy atom. The van der Waals surface area contributed by atoms with Crippen LogP contribution in [0.3, 0.4) is 0 Å². The van der Waals surface area contributed by atoms with E-state index in [1.54, 1.807) is 6.92 Å². The number of halogens is 4. The summed E-state index contributed by atoms with van der Waals surface area (Å²) in [6.07, 6.45) is -4.63. The Morgan fingerprint density at radius 2 is 1.83 bits per heavy atom. The Bertz CT molecular complexity index is 898. The van der Waals surface area contributed by atoms with Crippen molar-refractivity contribution in [3.05, 3.63) is 52.4 Å². The van der Waals surface area contributed by atoms with Crippen LogP contribution >= 0.6 is 15.9 Å². The fraction of sp³-hybridized carbons (Fsp3) is 0.278. The summed E-state index contributed by atoms with van der Waals surface area (Å²) in [6, 6.07) is 7.46. The first-order valence-corrected chi connectivity index (χ1v) is 9.18. The van der Waals surface area contributed by atoms with Gasteiger partial charge in [0.15, 0.2) is 10.4 Å². The molecule has 0 saturated heterocycles. The van der Waals surface area contributed by atoms with Crippen molar-refractivity contribution in [2.75, 3.05) is 25.0 Å². The monoisotopic (exact) mass is 475 g/mol. The summed E-state index contributed by atoms with van der Waals surface area (Å²) < 4.78 is 44.4. The average molecular weight is 476 g/mol. The van der Waals surface area contributed by atoms with Crippen molar-refractivity contribution in [1.82, 2.24) is 10.2 Å². The van der Waals surface area contributed by atoms with Gasteiger partial charge in [-0.05, 0) is 47.1 Å². The Hall–Kier alpha value is -2.82. The number of rotatable bonds is 7. The molecule has 1 heterocycles. The van der Waals surface area contributed by atoms with Gasteiger partial charge in [-0.15, -0.1) is 0 Å². The Morgan fingerprint density at radius 1 is 1.14 bits per heavy atom. The van der Waals surface area contributed by atoms with Crippen molar-refractivity contribution in [3.63, 3.8) is 0 Å². The molecule has 0 spiro atoms. The maximum atomic E-state index is 13.0. The lowest BCUT2D eigenvalue weighted by molar-refractivity contribution is -0.137. The molecule has 0 atom stereocenters. The van der Waals surface area contributed by atoms with Crippen molar-refractivity contribution in [3.8, 4) is 0 Å². The number of amides is 3. The lowest BCUT2D eigenvalue weighted by Gasteiger charge is -2.21. The topological polar surface area (TPSA) is 91.7 Å². The van der Waals surface area contributed by atoms with Gasteiger partial charge >= 0.3 is 6.18 Å². The zero-order valence-corrected chi connectivity index (χ0v) is 16.8. The van der Waals surface area contributed by atoms with Crippen LogP contribution in [-0.2, 0) is 15.8 Å². The molecule has 2 aromatic rings. The number of benzene rings is 1. The molecule has 0 radical (unpaired) electrons. The summed E-state index contributed by atoms with van der Waals surface area (Å²) >= 11 is 3.05. The summed E-state index contributed by atoms with van der Waals surface area (Å²) in [6.45, 7) is 0.844. The van der Waals surface area contributed by atoms with E-state index < -0.39 is 48.2 Å². The van der Waals surface area contributed by atoms with Crippen LogP contribution in [0.1, 0.15) is 23.0 Å². The van der Waals surface area contributed by atoms with Gasteiger partial charge in [0.2, 0.25) is 11.8 Å². The molecular formula is C18H17BrF3N3O4. The van der Waals surface area contributed by atoms with Crippen molar-refractivity contribution >= 4 is 39.3 Å². The molecule has 2 rings (SSSR count). The van der Waals surface area contributed by atoms with Gasteiger partial charge in [0.1, 0.15) is 0 Å². The second kappa shape index (κ2) is 9.59. The van der Waals surface area contributed by atoms with E-state index in [9.17, 15) is 27.6 Å². The molecule has 0 fully saturated rings. The fourth-order valence-electron chi connectivity index (χ4n) is 2.37. The van der Waals surface area contributed by atoms with Gasteiger partial charge in [-0.1, -0.05) is 12.1 Å². The van der Waals surface area contributed by atoms with Gasteiger partial charge in [0, 0.05) is 6.54 Å². The number of carbonyl (C=O) groups excluding carboxylic acids is 3. The zero-order valence-electron chi connectivity index (χ0n) is 15.2. The van der Waals surface area contributed by atoms with Crippen molar-refractivity contribution in [2.24, 2.45) is 0 Å². The molecule has 2 N–H and O–H groups in total. The molecule has 0 saturated carbocycles. The molecule has 0 bridgehead atoms. The van der Waals surface area contributed by atoms with Gasteiger partial charge in [-0.25, -0.2) is 0 Å². The molecule has 0 aliphatic heterocycles. The highest BCUT2D eigenvalue weighted by molar-refractivity contribution is 9.10. The van der Waals surface area contributed by atoms with E-state index in [0.717, 1.165) is 17.0 Å². The maximum Gasteiger partial charge on any atom is 0.418 e. The summed E-state index contributed by atoms with van der Waals surface area (Å²) in [5.41, 5.74) is -1.38. The van der Waals surface area contributed by atoms with E-state index in [2.05, 4.69) is 26.6 Å². The number of furan rings is 1. The second-order valence-electron chi connectivity index (χ2n) is 5.79. The normalized spacial score (nSPS) is 11.1. The molecule has 0 aliphatic rings. The Kier molecular flexibility index (Phi) is 7.43. The number of alkyl halides is 3. The van der Waals surface area contributed by atoms with Gasteiger partial charge in [0.25, 0.3) is 5.91 Å². The summed E-state index contributed by atoms with van der Waals surface area (Å²) in [5, 5.41) is 4.52. The molecule has 0 aliphatic carbocycles. The fourth-order valence-corrected chi connectivity index (χ4v) is 2.68. The van der Waals surface area contributed by atoms with Crippen LogP contribution in [0.25, 0.3) is 0 Å². The van der Waals surface area contributed by atoms with Crippen molar-refractivity contribution in [1.29, 1.82) is 0 Å². The predicted octanol–water partition coefficient (Wildman–Crippen LogP) is 3.28. The van der Waals surface area contributed by atoms with Crippen LogP contribution in [0.15, 0.2) is 45.5 Å². The summed E-state index contributed by atoms with van der Waals surface area (Å²) in [4.78, 5) is 37.4. The maximum absolute atomic E-state index is 13.0. The van der Waals surface area contributed by atoms with Crippen LogP contribution in [-0.4, -0.2) is 42.3 Å². The lowest BCUT2D eigenvalue weighted by atomic mass is 10.1. The molecule has 0 unspecified atom stereocenters. The van der Waals surface area contributed by atoms with Gasteiger partial charge < -0.3 is 20.0 Å². The van der Waals surface area contributed by atoms with E-state index in [4.69, 9.17) is 4.42 Å². The van der Waals surface area contributed by atoms with E-state index >= 15 is 0 Å². The van der Waals surface area contributed by atoms with Crippen LogP contribution in [0.4, 0.5) is 18.9 Å². The van der Waals surface area contributed by atoms with Crippen LogP contribution < -0.4 is 10.6 Å². The highest BCUT2D eigenvalue weighted by Crippen LogP contribution is 2.34. The first-order valence-electron chi connectivity index (χ1n) is 8.39. The number of nitrogens with one attached hydrogen (secondary N) is 2. The lowest BCUT2D eigenvalue weighted by Crippen LogP contribution is -2.43. The third kappa shape index (κ3) is 6.34. The summed E-state index contributed by atoms with van der Waals surface area (Å²) in [7, 11) is 0. The van der Waals surface area contributed by atoms with E-state index in [1.807, 2.05) is 0 Å². The molecule has 11 heteroatoms. The van der Waals surface area contributed by atoms with Crippen LogP contribution in [0.2, 0.25) is 0 Å². The summed E-state index contributed by atoms with van der Waals surface area (Å²) in [5.74, 6) is -2.00. The van der Waals surface area contributed by atoms with Gasteiger partial charge in [-0.2, -0.15) is 13.2 Å². The van der Waals surface area contributed by atoms with Crippen LogP contribution in [0.5, 0.6) is 0 Å².